The van der Waals surface area contributed by atoms with Gasteiger partial charge in [-0.15, -0.1) is 0 Å². The number of hydrogen-bond donors (Lipinski definition) is 1. The molecule has 0 aliphatic rings. The number of benzene rings is 2. The van der Waals surface area contributed by atoms with Gasteiger partial charge in [-0.3, -0.25) is 9.78 Å². The summed E-state index contributed by atoms with van der Waals surface area (Å²) in [4.78, 5) is 36.7. The summed E-state index contributed by atoms with van der Waals surface area (Å²) >= 11 is 6.35. The molecule has 0 bridgehead atoms. The maximum atomic E-state index is 13.5. The number of carbonyl (C=O) groups excluding carboxylic acids is 1. The quantitative estimate of drug-likeness (QED) is 0.539. The molecular weight excluding hydrogens is 473 g/mol. The Morgan fingerprint density at radius 2 is 1.79 bits per heavy atom. The van der Waals surface area contributed by atoms with Crippen LogP contribution in [0.15, 0.2) is 53.3 Å². The molecule has 3 rings (SSSR count). The topological polar surface area (TPSA) is 88.2 Å². The molecule has 0 fully saturated rings. The van der Waals surface area contributed by atoms with Crippen LogP contribution in [0.4, 0.5) is 13.2 Å². The molecule has 0 spiro atoms. The van der Waals surface area contributed by atoms with Crippen molar-refractivity contribution in [2.45, 2.75) is 31.7 Å². The molecule has 0 saturated heterocycles. The summed E-state index contributed by atoms with van der Waals surface area (Å²) in [6, 6.07) is 12.7. The van der Waals surface area contributed by atoms with Gasteiger partial charge >= 0.3 is 11.9 Å². The predicted octanol–water partition coefficient (Wildman–Crippen LogP) is 4.64. The minimum absolute atomic E-state index is 0.129. The normalized spacial score (nSPS) is 14.4. The van der Waals surface area contributed by atoms with E-state index in [0.29, 0.717) is 23.6 Å². The van der Waals surface area contributed by atoms with Crippen LogP contribution in [0.1, 0.15) is 25.5 Å². The standard InChI is InChI=1S/C23H22ClF3N4O3/c1-13(31(3)20(32)22(2,34-4)23(25,26)27)15-10-11-17(24)16(12-15)19-28-18(29-21(33)30-19)14-8-6-5-7-9-14/h5-13H,1-4H3,(H,28,29,30,33)/t13?,22-/m0/s1. The Kier molecular flexibility index (Phi) is 7.13. The fourth-order valence-corrected chi connectivity index (χ4v) is 3.48. The van der Waals surface area contributed by atoms with Crippen molar-refractivity contribution in [2.75, 3.05) is 14.2 Å². The molecule has 1 unspecified atom stereocenters. The molecule has 11 heteroatoms. The highest BCUT2D eigenvalue weighted by Gasteiger charge is 2.59. The van der Waals surface area contributed by atoms with Gasteiger partial charge in [0.1, 0.15) is 5.82 Å². The van der Waals surface area contributed by atoms with E-state index in [9.17, 15) is 22.8 Å². The molecule has 180 valence electrons. The zero-order chi connectivity index (χ0) is 25.3. The second kappa shape index (κ2) is 9.55. The maximum Gasteiger partial charge on any atom is 0.426 e. The smallest absolute Gasteiger partial charge is 0.361 e. The zero-order valence-electron chi connectivity index (χ0n) is 18.8. The average Bonchev–Trinajstić information content (AvgIpc) is 2.81. The van der Waals surface area contributed by atoms with Crippen LogP contribution >= 0.6 is 11.6 Å². The molecule has 1 aromatic heterocycles. The van der Waals surface area contributed by atoms with Crippen molar-refractivity contribution in [1.82, 2.24) is 19.9 Å². The summed E-state index contributed by atoms with van der Waals surface area (Å²) in [5.41, 5.74) is -2.24. The molecule has 1 heterocycles. The largest absolute Gasteiger partial charge is 0.426 e. The van der Waals surface area contributed by atoms with Gasteiger partial charge in [0.25, 0.3) is 5.91 Å². The number of H-pyrrole nitrogens is 1. The van der Waals surface area contributed by atoms with Crippen molar-refractivity contribution in [1.29, 1.82) is 0 Å². The number of likely N-dealkylation sites (N-methyl/N-ethyl adjacent to an activating group) is 1. The van der Waals surface area contributed by atoms with E-state index in [1.54, 1.807) is 43.3 Å². The number of carbonyl (C=O) groups is 1. The van der Waals surface area contributed by atoms with Gasteiger partial charge in [0.2, 0.25) is 5.60 Å². The number of ether oxygens (including phenoxy) is 1. The zero-order valence-corrected chi connectivity index (χ0v) is 19.5. The summed E-state index contributed by atoms with van der Waals surface area (Å²) in [7, 11) is 2.09. The Balaban J connectivity index is 2.01. The fourth-order valence-electron chi connectivity index (χ4n) is 3.27. The molecule has 1 amide bonds. The van der Waals surface area contributed by atoms with E-state index < -0.39 is 29.4 Å². The number of aromatic amines is 1. The van der Waals surface area contributed by atoms with Crippen LogP contribution in [-0.4, -0.2) is 51.7 Å². The minimum atomic E-state index is -4.91. The number of aromatic nitrogens is 3. The number of hydrogen-bond acceptors (Lipinski definition) is 5. The average molecular weight is 495 g/mol. The first-order valence-electron chi connectivity index (χ1n) is 10.1. The fraction of sp³-hybridized carbons (Fsp3) is 0.304. The van der Waals surface area contributed by atoms with Gasteiger partial charge in [0, 0.05) is 25.3 Å². The van der Waals surface area contributed by atoms with E-state index in [2.05, 4.69) is 19.7 Å². The number of rotatable bonds is 6. The van der Waals surface area contributed by atoms with Crippen LogP contribution in [0, 0.1) is 0 Å². The van der Waals surface area contributed by atoms with Gasteiger partial charge in [-0.25, -0.2) is 9.78 Å². The Morgan fingerprint density at radius 3 is 2.38 bits per heavy atom. The van der Waals surface area contributed by atoms with E-state index in [4.69, 9.17) is 11.6 Å². The molecule has 3 aromatic rings. The predicted molar refractivity (Wildman–Crippen MR) is 121 cm³/mol. The Labute approximate surface area is 198 Å². The summed E-state index contributed by atoms with van der Waals surface area (Å²) in [5.74, 6) is -0.945. The lowest BCUT2D eigenvalue weighted by Crippen LogP contribution is -2.56. The number of amides is 1. The van der Waals surface area contributed by atoms with Crippen molar-refractivity contribution >= 4 is 17.5 Å². The van der Waals surface area contributed by atoms with Crippen molar-refractivity contribution in [3.63, 3.8) is 0 Å². The molecule has 0 aliphatic heterocycles. The summed E-state index contributed by atoms with van der Waals surface area (Å²) in [5, 5.41) is 0.246. The summed E-state index contributed by atoms with van der Waals surface area (Å²) < 4.78 is 45.1. The monoisotopic (exact) mass is 494 g/mol. The van der Waals surface area contributed by atoms with Gasteiger partial charge < -0.3 is 9.64 Å². The summed E-state index contributed by atoms with van der Waals surface area (Å²) in [6.45, 7) is 2.25. The van der Waals surface area contributed by atoms with Gasteiger partial charge in [0.15, 0.2) is 5.82 Å². The molecule has 2 atom stereocenters. The maximum absolute atomic E-state index is 13.5. The first kappa shape index (κ1) is 25.4. The van der Waals surface area contributed by atoms with E-state index in [-0.39, 0.29) is 16.7 Å². The first-order chi connectivity index (χ1) is 15.9. The number of halogens is 4. The molecular formula is C23H22ClF3N4O3. The number of nitrogens with one attached hydrogen (secondary N) is 1. The summed E-state index contributed by atoms with van der Waals surface area (Å²) in [6.07, 6.45) is -4.91. The lowest BCUT2D eigenvalue weighted by atomic mass is 9.99. The van der Waals surface area contributed by atoms with Crippen LogP contribution in [0.3, 0.4) is 0 Å². The molecule has 34 heavy (non-hydrogen) atoms. The van der Waals surface area contributed by atoms with E-state index in [0.717, 1.165) is 12.0 Å². The van der Waals surface area contributed by atoms with E-state index >= 15 is 0 Å². The lowest BCUT2D eigenvalue weighted by molar-refractivity contribution is -0.258. The molecule has 0 aliphatic carbocycles. The van der Waals surface area contributed by atoms with Gasteiger partial charge in [-0.1, -0.05) is 48.0 Å². The third-order valence-corrected chi connectivity index (χ3v) is 6.00. The Morgan fingerprint density at radius 1 is 1.15 bits per heavy atom. The second-order valence-corrected chi connectivity index (χ2v) is 8.17. The van der Waals surface area contributed by atoms with Crippen molar-refractivity contribution < 1.29 is 22.7 Å². The molecule has 2 aromatic carbocycles. The highest BCUT2D eigenvalue weighted by atomic mass is 35.5. The molecule has 7 nitrogen and oxygen atoms in total. The highest BCUT2D eigenvalue weighted by Crippen LogP contribution is 2.37. The van der Waals surface area contributed by atoms with Crippen LogP contribution in [-0.2, 0) is 9.53 Å². The van der Waals surface area contributed by atoms with Crippen LogP contribution in [0.25, 0.3) is 22.8 Å². The molecule has 0 radical (unpaired) electrons. The third-order valence-electron chi connectivity index (χ3n) is 5.67. The van der Waals surface area contributed by atoms with Gasteiger partial charge in [-0.2, -0.15) is 18.2 Å². The number of nitrogens with zero attached hydrogens (tertiary/aromatic N) is 3. The van der Waals surface area contributed by atoms with E-state index in [1.807, 2.05) is 6.07 Å². The van der Waals surface area contributed by atoms with Crippen molar-refractivity contribution in [2.24, 2.45) is 0 Å². The SMILES string of the molecule is CO[C@@](C)(C(=O)N(C)C(C)c1ccc(Cl)c(-c2nc(-c3ccccc3)nc(=O)[nH]2)c1)C(F)(F)F. The van der Waals surface area contributed by atoms with Crippen LogP contribution in [0.2, 0.25) is 5.02 Å². The molecule has 1 N–H and O–H groups in total. The minimum Gasteiger partial charge on any atom is -0.361 e. The lowest BCUT2D eigenvalue weighted by Gasteiger charge is -2.35. The Bertz CT molecular complexity index is 1250. The van der Waals surface area contributed by atoms with Crippen LogP contribution in [0.5, 0.6) is 0 Å². The van der Waals surface area contributed by atoms with E-state index in [1.165, 1.54) is 13.1 Å². The highest BCUT2D eigenvalue weighted by molar-refractivity contribution is 6.33. The van der Waals surface area contributed by atoms with Gasteiger partial charge in [-0.05, 0) is 31.5 Å². The first-order valence-corrected chi connectivity index (χ1v) is 10.5. The molecule has 0 saturated carbocycles. The third kappa shape index (κ3) is 4.83. The van der Waals surface area contributed by atoms with Gasteiger partial charge in [0.05, 0.1) is 11.1 Å². The Hall–Kier alpha value is -3.24. The van der Waals surface area contributed by atoms with Crippen LogP contribution < -0.4 is 5.69 Å². The number of alkyl halides is 3. The van der Waals surface area contributed by atoms with Crippen molar-refractivity contribution in [3.8, 4) is 22.8 Å². The number of methoxy groups -OCH3 is 1. The van der Waals surface area contributed by atoms with Crippen molar-refractivity contribution in [3.05, 3.63) is 69.6 Å². The second-order valence-electron chi connectivity index (χ2n) is 7.76.